The lowest BCUT2D eigenvalue weighted by Crippen LogP contribution is -2.47. The number of amides is 2. The van der Waals surface area contributed by atoms with Gasteiger partial charge < -0.3 is 15.2 Å². The van der Waals surface area contributed by atoms with Crippen molar-refractivity contribution in [3.8, 4) is 0 Å². The maximum Gasteiger partial charge on any atom is 0.319 e. The molecule has 25 heavy (non-hydrogen) atoms. The molecule has 0 bridgehead atoms. The van der Waals surface area contributed by atoms with Gasteiger partial charge in [0, 0.05) is 36.2 Å². The Morgan fingerprint density at radius 3 is 2.80 bits per heavy atom. The lowest BCUT2D eigenvalue weighted by molar-refractivity contribution is 0.219. The minimum atomic E-state index is -0.219. The number of anilines is 1. The number of nitrogens with zero attached hydrogens (tertiary/aromatic N) is 3. The van der Waals surface area contributed by atoms with E-state index in [2.05, 4.69) is 41.4 Å². The van der Waals surface area contributed by atoms with Gasteiger partial charge in [0.25, 0.3) is 0 Å². The van der Waals surface area contributed by atoms with Gasteiger partial charge in [-0.3, -0.25) is 4.98 Å². The summed E-state index contributed by atoms with van der Waals surface area (Å²) in [5.74, 6) is 0. The highest BCUT2D eigenvalue weighted by molar-refractivity contribution is 5.92. The van der Waals surface area contributed by atoms with Crippen LogP contribution in [-0.2, 0) is 6.54 Å². The Balaban J connectivity index is 1.69. The fourth-order valence-electron chi connectivity index (χ4n) is 2.62. The van der Waals surface area contributed by atoms with Crippen LogP contribution in [0.3, 0.4) is 0 Å². The number of carbonyl (C=O) groups excluding carboxylic acids is 1. The molecule has 1 aromatic carbocycles. The molecule has 0 spiro atoms. The van der Waals surface area contributed by atoms with Crippen LogP contribution in [0.1, 0.15) is 20.8 Å². The minimum absolute atomic E-state index is 0.0381. The third-order valence-electron chi connectivity index (χ3n) is 4.16. The van der Waals surface area contributed by atoms with E-state index in [0.717, 1.165) is 16.6 Å². The summed E-state index contributed by atoms with van der Waals surface area (Å²) in [6, 6.07) is 9.28. The average molecular weight is 337 g/mol. The van der Waals surface area contributed by atoms with E-state index in [1.165, 1.54) is 0 Å². The number of hydrogen-bond donors (Lipinski definition) is 2. The molecule has 3 rings (SSSR count). The molecule has 6 heteroatoms. The summed E-state index contributed by atoms with van der Waals surface area (Å²) < 4.78 is 1.97. The zero-order valence-corrected chi connectivity index (χ0v) is 14.7. The van der Waals surface area contributed by atoms with E-state index in [9.17, 15) is 4.79 Å². The molecule has 2 N–H and O–H groups in total. The van der Waals surface area contributed by atoms with Gasteiger partial charge in [-0.05, 0) is 29.7 Å². The van der Waals surface area contributed by atoms with Crippen LogP contribution in [-0.4, -0.2) is 26.6 Å². The van der Waals surface area contributed by atoms with Gasteiger partial charge in [-0.25, -0.2) is 9.78 Å². The van der Waals surface area contributed by atoms with Crippen LogP contribution in [0.15, 0.2) is 55.2 Å². The maximum absolute atomic E-state index is 12.5. The molecule has 3 aromatic rings. The van der Waals surface area contributed by atoms with Crippen LogP contribution in [0.5, 0.6) is 0 Å². The van der Waals surface area contributed by atoms with E-state index < -0.39 is 0 Å². The van der Waals surface area contributed by atoms with E-state index in [1.807, 2.05) is 41.1 Å². The number of fused-ring (bicyclic) bond motifs is 1. The van der Waals surface area contributed by atoms with Gasteiger partial charge in [0.05, 0.1) is 17.9 Å². The summed E-state index contributed by atoms with van der Waals surface area (Å²) in [4.78, 5) is 20.8. The first-order valence-electron chi connectivity index (χ1n) is 8.30. The van der Waals surface area contributed by atoms with Crippen molar-refractivity contribution in [1.82, 2.24) is 19.9 Å². The van der Waals surface area contributed by atoms with Gasteiger partial charge in [0.1, 0.15) is 0 Å². The van der Waals surface area contributed by atoms with Crippen molar-refractivity contribution >= 4 is 22.6 Å². The van der Waals surface area contributed by atoms with Crippen LogP contribution in [0, 0.1) is 5.41 Å². The van der Waals surface area contributed by atoms with Gasteiger partial charge in [0.15, 0.2) is 0 Å². The van der Waals surface area contributed by atoms with E-state index >= 15 is 0 Å². The first kappa shape index (κ1) is 17.0. The van der Waals surface area contributed by atoms with Gasteiger partial charge in [-0.1, -0.05) is 26.8 Å². The number of hydrogen-bond acceptors (Lipinski definition) is 3. The van der Waals surface area contributed by atoms with E-state index in [1.54, 1.807) is 18.7 Å². The molecule has 2 heterocycles. The summed E-state index contributed by atoms with van der Waals surface area (Å²) in [7, 11) is 0. The number of imidazole rings is 1. The predicted molar refractivity (Wildman–Crippen MR) is 99.4 cm³/mol. The number of carbonyl (C=O) groups is 1. The topological polar surface area (TPSA) is 71.8 Å². The molecule has 0 saturated carbocycles. The molecule has 0 fully saturated rings. The number of rotatable bonds is 4. The number of urea groups is 1. The highest BCUT2D eigenvalue weighted by Crippen LogP contribution is 2.21. The molecule has 1 atom stereocenters. The Morgan fingerprint density at radius 2 is 2.08 bits per heavy atom. The Hall–Kier alpha value is -2.89. The molecule has 0 aliphatic carbocycles. The van der Waals surface area contributed by atoms with Gasteiger partial charge in [-0.15, -0.1) is 0 Å². The summed E-state index contributed by atoms with van der Waals surface area (Å²) in [6.45, 7) is 6.99. The highest BCUT2D eigenvalue weighted by Gasteiger charge is 2.26. The van der Waals surface area contributed by atoms with Gasteiger partial charge in [0.2, 0.25) is 0 Å². The fourth-order valence-corrected chi connectivity index (χ4v) is 2.62. The minimum Gasteiger partial charge on any atom is -0.335 e. The number of pyridine rings is 1. The fraction of sp³-hybridized carbons (Fsp3) is 0.316. The molecule has 0 radical (unpaired) electrons. The zero-order chi connectivity index (χ0) is 17.9. The Labute approximate surface area is 147 Å². The SMILES string of the molecule is CC(C)(C)[C@@H](Cn1ccnc1)NC(=O)Nc1ccc2ncccc2c1. The first-order valence-corrected chi connectivity index (χ1v) is 8.30. The highest BCUT2D eigenvalue weighted by atomic mass is 16.2. The van der Waals surface area contributed by atoms with Crippen LogP contribution >= 0.6 is 0 Å². The molecule has 2 amide bonds. The van der Waals surface area contributed by atoms with Crippen LogP contribution < -0.4 is 10.6 Å². The van der Waals surface area contributed by atoms with Crippen molar-refractivity contribution < 1.29 is 4.79 Å². The third-order valence-corrected chi connectivity index (χ3v) is 4.16. The summed E-state index contributed by atoms with van der Waals surface area (Å²) >= 11 is 0. The number of aromatic nitrogens is 3. The molecule has 2 aromatic heterocycles. The smallest absolute Gasteiger partial charge is 0.319 e. The first-order chi connectivity index (χ1) is 11.9. The molecule has 0 aliphatic rings. The summed E-state index contributed by atoms with van der Waals surface area (Å²) in [6.07, 6.45) is 7.15. The second-order valence-electron chi connectivity index (χ2n) is 7.19. The molecule has 130 valence electrons. The normalized spacial score (nSPS) is 12.8. The number of nitrogens with one attached hydrogen (secondary N) is 2. The van der Waals surface area contributed by atoms with E-state index in [0.29, 0.717) is 6.54 Å². The zero-order valence-electron chi connectivity index (χ0n) is 14.7. The van der Waals surface area contributed by atoms with E-state index in [-0.39, 0.29) is 17.5 Å². The maximum atomic E-state index is 12.5. The molecular weight excluding hydrogens is 314 g/mol. The van der Waals surface area contributed by atoms with Crippen LogP contribution in [0.2, 0.25) is 0 Å². The van der Waals surface area contributed by atoms with Gasteiger partial charge in [-0.2, -0.15) is 0 Å². The molecule has 0 saturated heterocycles. The monoisotopic (exact) mass is 337 g/mol. The van der Waals surface area contributed by atoms with Crippen LogP contribution in [0.25, 0.3) is 10.9 Å². The molecule has 0 aliphatic heterocycles. The number of benzene rings is 1. The Morgan fingerprint density at radius 1 is 1.24 bits per heavy atom. The average Bonchev–Trinajstić information content (AvgIpc) is 3.06. The van der Waals surface area contributed by atoms with Crippen molar-refractivity contribution in [2.75, 3.05) is 5.32 Å². The van der Waals surface area contributed by atoms with Gasteiger partial charge >= 0.3 is 6.03 Å². The lowest BCUT2D eigenvalue weighted by atomic mass is 9.86. The second-order valence-corrected chi connectivity index (χ2v) is 7.19. The Kier molecular flexibility index (Phi) is 4.70. The molecule has 6 nitrogen and oxygen atoms in total. The standard InChI is InChI=1S/C19H23N5O/c1-19(2,3)17(12-24-10-9-20-13-24)23-18(25)22-15-6-7-16-14(11-15)5-4-8-21-16/h4-11,13,17H,12H2,1-3H3,(H2,22,23,25)/t17-/m1/s1. The largest absolute Gasteiger partial charge is 0.335 e. The van der Waals surface area contributed by atoms with Crippen molar-refractivity contribution in [3.05, 3.63) is 55.2 Å². The molecular formula is C19H23N5O. The second kappa shape index (κ2) is 6.93. The molecule has 0 unspecified atom stereocenters. The quantitative estimate of drug-likeness (QED) is 0.763. The van der Waals surface area contributed by atoms with Crippen molar-refractivity contribution in [2.24, 2.45) is 5.41 Å². The summed E-state index contributed by atoms with van der Waals surface area (Å²) in [5.41, 5.74) is 1.56. The van der Waals surface area contributed by atoms with E-state index in [4.69, 9.17) is 0 Å². The van der Waals surface area contributed by atoms with Crippen molar-refractivity contribution in [3.63, 3.8) is 0 Å². The predicted octanol–water partition coefficient (Wildman–Crippen LogP) is 3.67. The van der Waals surface area contributed by atoms with Crippen molar-refractivity contribution in [2.45, 2.75) is 33.4 Å². The van der Waals surface area contributed by atoms with Crippen molar-refractivity contribution in [1.29, 1.82) is 0 Å². The summed E-state index contributed by atoms with van der Waals surface area (Å²) in [5, 5.41) is 6.98. The van der Waals surface area contributed by atoms with Crippen LogP contribution in [0.4, 0.5) is 10.5 Å². The lowest BCUT2D eigenvalue weighted by Gasteiger charge is -2.31. The third kappa shape index (κ3) is 4.35. The Bertz CT molecular complexity index is 852.